The molecule has 8 heteroatoms. The second-order valence-corrected chi connectivity index (χ2v) is 7.48. The van der Waals surface area contributed by atoms with Crippen LogP contribution in [0.25, 0.3) is 0 Å². The van der Waals surface area contributed by atoms with Crippen LogP contribution in [-0.2, 0) is 12.3 Å². The highest BCUT2D eigenvalue weighted by Crippen LogP contribution is 2.36. The summed E-state index contributed by atoms with van der Waals surface area (Å²) in [6.07, 6.45) is 1.41. The summed E-state index contributed by atoms with van der Waals surface area (Å²) >= 11 is 7.59. The van der Waals surface area contributed by atoms with E-state index in [1.165, 1.54) is 23.9 Å². The van der Waals surface area contributed by atoms with Crippen LogP contribution >= 0.6 is 23.4 Å². The number of halogens is 2. The Hall–Kier alpha value is -2.51. The van der Waals surface area contributed by atoms with Crippen molar-refractivity contribution in [2.45, 2.75) is 23.6 Å². The van der Waals surface area contributed by atoms with Crippen molar-refractivity contribution in [1.29, 1.82) is 0 Å². The maximum atomic E-state index is 13.2. The lowest BCUT2D eigenvalue weighted by atomic mass is 10.2. The first kappa shape index (κ1) is 18.8. The molecular formula is C20H17ClFN3O2S. The molecule has 0 fully saturated rings. The summed E-state index contributed by atoms with van der Waals surface area (Å²) in [6, 6.07) is 11.9. The minimum atomic E-state index is -0.369. The Morgan fingerprint density at radius 1 is 1.25 bits per heavy atom. The summed E-state index contributed by atoms with van der Waals surface area (Å²) in [6.45, 7) is 4.70. The van der Waals surface area contributed by atoms with Crippen LogP contribution in [0.5, 0.6) is 11.5 Å². The van der Waals surface area contributed by atoms with Crippen LogP contribution in [0.15, 0.2) is 60.3 Å². The van der Waals surface area contributed by atoms with Crippen LogP contribution in [0, 0.1) is 5.82 Å². The molecular weight excluding hydrogens is 401 g/mol. The second-order valence-electron chi connectivity index (χ2n) is 6.13. The van der Waals surface area contributed by atoms with Gasteiger partial charge in [-0.1, -0.05) is 47.6 Å². The average Bonchev–Trinajstić information content (AvgIpc) is 3.10. The van der Waals surface area contributed by atoms with E-state index in [-0.39, 0.29) is 11.9 Å². The van der Waals surface area contributed by atoms with E-state index in [0.717, 1.165) is 5.56 Å². The van der Waals surface area contributed by atoms with Crippen LogP contribution in [0.4, 0.5) is 4.39 Å². The van der Waals surface area contributed by atoms with E-state index in [1.807, 2.05) is 28.8 Å². The molecule has 0 N–H and O–H groups in total. The molecule has 0 radical (unpaired) electrons. The molecule has 5 nitrogen and oxygen atoms in total. The molecule has 1 unspecified atom stereocenters. The number of hydrogen-bond acceptors (Lipinski definition) is 5. The molecule has 1 atom stereocenters. The fourth-order valence-corrected chi connectivity index (χ4v) is 4.15. The van der Waals surface area contributed by atoms with Gasteiger partial charge in [-0.25, -0.2) is 4.39 Å². The van der Waals surface area contributed by atoms with Gasteiger partial charge in [-0.3, -0.25) is 4.57 Å². The number of thioether (sulfide) groups is 1. The summed E-state index contributed by atoms with van der Waals surface area (Å²) in [5.74, 6) is 2.25. The number of aromatic nitrogens is 3. The maximum Gasteiger partial charge on any atom is 0.192 e. The molecule has 1 aliphatic rings. The van der Waals surface area contributed by atoms with Gasteiger partial charge < -0.3 is 9.47 Å². The molecule has 0 aliphatic carbocycles. The molecule has 0 saturated heterocycles. The SMILES string of the molecule is C=CCn1c(SCc2ccc(F)cc2Cl)nnc1C1COc2ccccc2O1. The van der Waals surface area contributed by atoms with E-state index < -0.39 is 0 Å². The first-order valence-electron chi connectivity index (χ1n) is 8.65. The number of fused-ring (bicyclic) bond motifs is 1. The fourth-order valence-electron chi connectivity index (χ4n) is 2.87. The molecule has 1 aromatic heterocycles. The van der Waals surface area contributed by atoms with E-state index in [0.29, 0.717) is 46.4 Å². The van der Waals surface area contributed by atoms with Gasteiger partial charge in [0.1, 0.15) is 12.4 Å². The molecule has 28 heavy (non-hydrogen) atoms. The minimum absolute atomic E-state index is 0.348. The molecule has 2 heterocycles. The van der Waals surface area contributed by atoms with Gasteiger partial charge >= 0.3 is 0 Å². The highest BCUT2D eigenvalue weighted by molar-refractivity contribution is 7.98. The van der Waals surface area contributed by atoms with Crippen LogP contribution in [-0.4, -0.2) is 21.4 Å². The molecule has 1 aliphatic heterocycles. The number of ether oxygens (including phenoxy) is 2. The van der Waals surface area contributed by atoms with Crippen molar-refractivity contribution in [3.05, 3.63) is 77.3 Å². The van der Waals surface area contributed by atoms with E-state index in [4.69, 9.17) is 21.1 Å². The maximum absolute atomic E-state index is 13.2. The fraction of sp³-hybridized carbons (Fsp3) is 0.200. The predicted octanol–water partition coefficient (Wildman–Crippen LogP) is 5.06. The van der Waals surface area contributed by atoms with E-state index in [1.54, 1.807) is 12.1 Å². The Kier molecular flexibility index (Phi) is 5.54. The Balaban J connectivity index is 1.55. The third-order valence-electron chi connectivity index (χ3n) is 4.23. The number of para-hydroxylation sites is 2. The Labute approximate surface area is 171 Å². The van der Waals surface area contributed by atoms with Gasteiger partial charge in [-0.05, 0) is 29.8 Å². The van der Waals surface area contributed by atoms with Gasteiger partial charge in [-0.15, -0.1) is 16.8 Å². The van der Waals surface area contributed by atoms with Gasteiger partial charge in [0.2, 0.25) is 0 Å². The van der Waals surface area contributed by atoms with Crippen LogP contribution in [0.2, 0.25) is 5.02 Å². The standard InChI is InChI=1S/C20H17ClFN3O2S/c1-2-9-25-19(18-11-26-16-5-3-4-6-17(16)27-18)23-24-20(25)28-12-13-7-8-14(22)10-15(13)21/h2-8,10,18H,1,9,11-12H2. The molecule has 3 aromatic rings. The predicted molar refractivity (Wildman–Crippen MR) is 106 cm³/mol. The van der Waals surface area contributed by atoms with Crippen molar-refractivity contribution in [3.63, 3.8) is 0 Å². The number of nitrogens with zero attached hydrogens (tertiary/aromatic N) is 3. The first-order valence-corrected chi connectivity index (χ1v) is 10.0. The summed E-state index contributed by atoms with van der Waals surface area (Å²) in [5.41, 5.74) is 0.828. The first-order chi connectivity index (χ1) is 13.7. The lowest BCUT2D eigenvalue weighted by Gasteiger charge is -2.26. The van der Waals surface area contributed by atoms with Crippen LogP contribution in [0.3, 0.4) is 0 Å². The summed E-state index contributed by atoms with van der Waals surface area (Å²) < 4.78 is 27.0. The number of benzene rings is 2. The van der Waals surface area contributed by atoms with E-state index >= 15 is 0 Å². The van der Waals surface area contributed by atoms with Gasteiger partial charge in [0.25, 0.3) is 0 Å². The zero-order valence-corrected chi connectivity index (χ0v) is 16.4. The zero-order chi connectivity index (χ0) is 19.5. The largest absolute Gasteiger partial charge is 0.485 e. The van der Waals surface area contributed by atoms with Gasteiger partial charge in [-0.2, -0.15) is 0 Å². The lowest BCUT2D eigenvalue weighted by molar-refractivity contribution is 0.0821. The highest BCUT2D eigenvalue weighted by atomic mass is 35.5. The summed E-state index contributed by atoms with van der Waals surface area (Å²) in [4.78, 5) is 0. The summed E-state index contributed by atoms with van der Waals surface area (Å²) in [7, 11) is 0. The van der Waals surface area contributed by atoms with Crippen molar-refractivity contribution < 1.29 is 13.9 Å². The van der Waals surface area contributed by atoms with E-state index in [9.17, 15) is 4.39 Å². The highest BCUT2D eigenvalue weighted by Gasteiger charge is 2.28. The Bertz CT molecular complexity index is 1010. The molecule has 0 amide bonds. The number of rotatable bonds is 6. The molecule has 0 saturated carbocycles. The smallest absolute Gasteiger partial charge is 0.192 e. The zero-order valence-electron chi connectivity index (χ0n) is 14.8. The minimum Gasteiger partial charge on any atom is -0.485 e. The Morgan fingerprint density at radius 2 is 2.07 bits per heavy atom. The van der Waals surface area contributed by atoms with Crippen molar-refractivity contribution in [1.82, 2.24) is 14.8 Å². The van der Waals surface area contributed by atoms with E-state index in [2.05, 4.69) is 16.8 Å². The number of allylic oxidation sites excluding steroid dienone is 1. The molecule has 0 spiro atoms. The average molecular weight is 418 g/mol. The molecule has 144 valence electrons. The van der Waals surface area contributed by atoms with Crippen molar-refractivity contribution >= 4 is 23.4 Å². The summed E-state index contributed by atoms with van der Waals surface area (Å²) in [5, 5.41) is 9.73. The quantitative estimate of drug-likeness (QED) is 0.414. The van der Waals surface area contributed by atoms with Gasteiger partial charge in [0, 0.05) is 17.3 Å². The third kappa shape index (κ3) is 3.86. The van der Waals surface area contributed by atoms with Gasteiger partial charge in [0.05, 0.1) is 0 Å². The van der Waals surface area contributed by atoms with Crippen molar-refractivity contribution in [2.24, 2.45) is 0 Å². The normalized spacial score (nSPS) is 15.4. The molecule has 2 aromatic carbocycles. The van der Waals surface area contributed by atoms with Crippen molar-refractivity contribution in [3.8, 4) is 11.5 Å². The molecule has 4 rings (SSSR count). The lowest BCUT2D eigenvalue weighted by Crippen LogP contribution is -2.25. The Morgan fingerprint density at radius 3 is 2.86 bits per heavy atom. The van der Waals surface area contributed by atoms with Crippen LogP contribution < -0.4 is 9.47 Å². The molecule has 0 bridgehead atoms. The second kappa shape index (κ2) is 8.24. The van der Waals surface area contributed by atoms with Crippen molar-refractivity contribution in [2.75, 3.05) is 6.61 Å². The van der Waals surface area contributed by atoms with Gasteiger partial charge in [0.15, 0.2) is 28.6 Å². The van der Waals surface area contributed by atoms with Crippen LogP contribution in [0.1, 0.15) is 17.5 Å². The topological polar surface area (TPSA) is 49.2 Å². The third-order valence-corrected chi connectivity index (χ3v) is 5.59. The monoisotopic (exact) mass is 417 g/mol. The number of hydrogen-bond donors (Lipinski definition) is 0.